The van der Waals surface area contributed by atoms with Crippen molar-refractivity contribution in [2.45, 2.75) is 71.3 Å². The molecule has 26 heavy (non-hydrogen) atoms. The normalized spacial score (nSPS) is 11.4. The van der Waals surface area contributed by atoms with Gasteiger partial charge in [-0.3, -0.25) is 0 Å². The van der Waals surface area contributed by atoms with Crippen LogP contribution < -0.4 is 33.7 Å². The van der Waals surface area contributed by atoms with E-state index in [1.807, 2.05) is 12.1 Å². The summed E-state index contributed by atoms with van der Waals surface area (Å²) in [4.78, 5) is 0. The number of unbranched alkanes of at least 4 members (excludes halogenated alkanes) is 5. The number of hydrogen-bond donors (Lipinski definition) is 0. The topological polar surface area (TPSA) is 61.8 Å². The monoisotopic (exact) mass is 396 g/mol. The summed E-state index contributed by atoms with van der Waals surface area (Å²) in [6.45, 7) is 6.09. The van der Waals surface area contributed by atoms with Crippen molar-refractivity contribution in [2.75, 3.05) is 13.2 Å². The van der Waals surface area contributed by atoms with Crippen LogP contribution in [-0.4, -0.2) is 27.3 Å². The Morgan fingerprint density at radius 2 is 1.50 bits per heavy atom. The predicted molar refractivity (Wildman–Crippen MR) is 101 cm³/mol. The standard InChI is InChI=1S/C19H32O5S.Na.H/c1-4-7-8-9-10-11-14-17-15-12-13-16-18(17)24-25(20,21)19(22-5-2)23-6-3;;/h12-13,15-16,19H,4-11,14H2,1-3H3;;/q;+1;-1. The zero-order valence-corrected chi connectivity index (χ0v) is 19.5. The molecular formula is C19H33NaO5S. The number of benzene rings is 1. The van der Waals surface area contributed by atoms with E-state index in [2.05, 4.69) is 6.92 Å². The molecule has 146 valence electrons. The van der Waals surface area contributed by atoms with E-state index in [4.69, 9.17) is 13.7 Å². The summed E-state index contributed by atoms with van der Waals surface area (Å²) in [5, 5.41) is 0. The smallest absolute Gasteiger partial charge is 1.00 e. The summed E-state index contributed by atoms with van der Waals surface area (Å²) in [6, 6.07) is 7.26. The SMILES string of the molecule is CCCCCCCCc1ccccc1OS(=O)(=O)C(OCC)OCC.[H-].[Na+]. The van der Waals surface area contributed by atoms with Crippen LogP contribution in [0.4, 0.5) is 0 Å². The van der Waals surface area contributed by atoms with Crippen LogP contribution in [0.1, 0.15) is 66.3 Å². The summed E-state index contributed by atoms with van der Waals surface area (Å²) in [7, 11) is -4.01. The van der Waals surface area contributed by atoms with Crippen LogP contribution in [0.5, 0.6) is 5.75 Å². The number of ether oxygens (including phenoxy) is 2. The molecule has 7 heteroatoms. The Balaban J connectivity index is 0. The van der Waals surface area contributed by atoms with Crippen LogP contribution in [0.3, 0.4) is 0 Å². The quantitative estimate of drug-likeness (QED) is 0.208. The van der Waals surface area contributed by atoms with Gasteiger partial charge in [0.15, 0.2) is 0 Å². The van der Waals surface area contributed by atoms with E-state index in [1.165, 1.54) is 25.7 Å². The molecule has 0 atom stereocenters. The molecule has 0 aromatic heterocycles. The molecular weight excluding hydrogens is 363 g/mol. The first kappa shape index (κ1) is 25.9. The second-order valence-electron chi connectivity index (χ2n) is 5.90. The Bertz CT molecular complexity index is 577. The van der Waals surface area contributed by atoms with Crippen molar-refractivity contribution in [1.29, 1.82) is 0 Å². The van der Waals surface area contributed by atoms with Crippen LogP contribution in [-0.2, 0) is 26.0 Å². The molecule has 0 radical (unpaired) electrons. The fourth-order valence-electron chi connectivity index (χ4n) is 2.54. The first-order chi connectivity index (χ1) is 12.0. The third-order valence-corrected chi connectivity index (χ3v) is 4.97. The van der Waals surface area contributed by atoms with Gasteiger partial charge in [0.1, 0.15) is 5.75 Å². The molecule has 0 unspecified atom stereocenters. The van der Waals surface area contributed by atoms with E-state index in [0.717, 1.165) is 24.8 Å². The summed E-state index contributed by atoms with van der Waals surface area (Å²) < 4.78 is 40.5. The van der Waals surface area contributed by atoms with E-state index in [-0.39, 0.29) is 44.2 Å². The van der Waals surface area contributed by atoms with Gasteiger partial charge in [0.05, 0.1) is 0 Å². The molecule has 1 rings (SSSR count). The van der Waals surface area contributed by atoms with Gasteiger partial charge < -0.3 is 15.1 Å². The van der Waals surface area contributed by atoms with E-state index in [9.17, 15) is 8.42 Å². The fraction of sp³-hybridized carbons (Fsp3) is 0.684. The summed E-state index contributed by atoms with van der Waals surface area (Å²) in [6.07, 6.45) is 7.93. The second-order valence-corrected chi connectivity index (χ2v) is 7.44. The Morgan fingerprint density at radius 1 is 0.923 bits per heavy atom. The molecule has 0 fully saturated rings. The Hall–Kier alpha value is -0.110. The van der Waals surface area contributed by atoms with Crippen molar-refractivity contribution < 1.29 is 53.1 Å². The van der Waals surface area contributed by atoms with Crippen LogP contribution in [0.15, 0.2) is 24.3 Å². The average molecular weight is 397 g/mol. The van der Waals surface area contributed by atoms with E-state index in [0.29, 0.717) is 5.75 Å². The zero-order chi connectivity index (χ0) is 18.5. The molecule has 0 spiro atoms. The van der Waals surface area contributed by atoms with Crippen molar-refractivity contribution in [2.24, 2.45) is 0 Å². The minimum atomic E-state index is -4.01. The molecule has 0 aliphatic heterocycles. The molecule has 0 saturated carbocycles. The van der Waals surface area contributed by atoms with Gasteiger partial charge in [-0.15, -0.1) is 0 Å². The van der Waals surface area contributed by atoms with Gasteiger partial charge in [-0.1, -0.05) is 57.2 Å². The molecule has 5 nitrogen and oxygen atoms in total. The average Bonchev–Trinajstić information content (AvgIpc) is 2.59. The van der Waals surface area contributed by atoms with Gasteiger partial charge in [0.25, 0.3) is 0 Å². The summed E-state index contributed by atoms with van der Waals surface area (Å²) in [5.41, 5.74) is -0.502. The summed E-state index contributed by atoms with van der Waals surface area (Å²) in [5.74, 6) is 0.362. The third kappa shape index (κ3) is 9.72. The van der Waals surface area contributed by atoms with Gasteiger partial charge in [0, 0.05) is 13.2 Å². The van der Waals surface area contributed by atoms with Crippen molar-refractivity contribution in [1.82, 2.24) is 0 Å². The third-order valence-electron chi connectivity index (χ3n) is 3.82. The molecule has 0 bridgehead atoms. The van der Waals surface area contributed by atoms with Crippen molar-refractivity contribution >= 4 is 10.1 Å². The molecule has 1 aromatic rings. The van der Waals surface area contributed by atoms with Gasteiger partial charge >= 0.3 is 45.3 Å². The molecule has 0 N–H and O–H groups in total. The molecule has 1 aromatic carbocycles. The van der Waals surface area contributed by atoms with E-state index < -0.39 is 15.7 Å². The predicted octanol–water partition coefficient (Wildman–Crippen LogP) is 1.77. The fourth-order valence-corrected chi connectivity index (χ4v) is 3.64. The number of para-hydroxylation sites is 1. The van der Waals surface area contributed by atoms with Crippen molar-refractivity contribution in [3.05, 3.63) is 29.8 Å². The van der Waals surface area contributed by atoms with Gasteiger partial charge in [0.2, 0.25) is 0 Å². The minimum absolute atomic E-state index is 0. The Kier molecular flexibility index (Phi) is 14.8. The maximum atomic E-state index is 12.4. The van der Waals surface area contributed by atoms with Crippen LogP contribution in [0.25, 0.3) is 0 Å². The number of hydrogen-bond acceptors (Lipinski definition) is 5. The minimum Gasteiger partial charge on any atom is -1.00 e. The van der Waals surface area contributed by atoms with Crippen LogP contribution in [0, 0.1) is 0 Å². The second kappa shape index (κ2) is 14.9. The number of aryl methyl sites for hydroxylation is 1. The van der Waals surface area contributed by atoms with Crippen LogP contribution >= 0.6 is 0 Å². The first-order valence-electron chi connectivity index (χ1n) is 9.29. The first-order valence-corrected chi connectivity index (χ1v) is 10.8. The van der Waals surface area contributed by atoms with E-state index in [1.54, 1.807) is 26.0 Å². The molecule has 0 saturated heterocycles. The summed E-state index contributed by atoms with van der Waals surface area (Å²) >= 11 is 0. The molecule has 0 heterocycles. The Labute approximate surface area is 182 Å². The van der Waals surface area contributed by atoms with Crippen LogP contribution in [0.2, 0.25) is 0 Å². The van der Waals surface area contributed by atoms with E-state index >= 15 is 0 Å². The molecule has 0 aliphatic carbocycles. The maximum absolute atomic E-state index is 12.4. The zero-order valence-electron chi connectivity index (χ0n) is 17.7. The van der Waals surface area contributed by atoms with Crippen molar-refractivity contribution in [3.63, 3.8) is 0 Å². The van der Waals surface area contributed by atoms with Gasteiger partial charge in [-0.25, -0.2) is 0 Å². The number of rotatable bonds is 14. The molecule has 0 aliphatic rings. The Morgan fingerprint density at radius 3 is 2.12 bits per heavy atom. The molecule has 0 amide bonds. The maximum Gasteiger partial charge on any atom is 1.00 e. The van der Waals surface area contributed by atoms with Gasteiger partial charge in [-0.2, -0.15) is 8.42 Å². The largest absolute Gasteiger partial charge is 1.00 e. The van der Waals surface area contributed by atoms with Gasteiger partial charge in [-0.05, 0) is 38.3 Å². The van der Waals surface area contributed by atoms with Crippen molar-refractivity contribution in [3.8, 4) is 5.75 Å².